The van der Waals surface area contributed by atoms with Gasteiger partial charge in [-0.1, -0.05) is 18.9 Å². The molecule has 0 radical (unpaired) electrons. The number of carbonyl (C=O) groups is 1. The predicted octanol–water partition coefficient (Wildman–Crippen LogP) is 3.32. The van der Waals surface area contributed by atoms with E-state index in [1.165, 1.54) is 17.5 Å². The molecule has 8 heteroatoms. The Balaban J connectivity index is 1.87. The molecule has 1 aromatic carbocycles. The lowest BCUT2D eigenvalue weighted by Crippen LogP contribution is -2.33. The lowest BCUT2D eigenvalue weighted by Gasteiger charge is -2.22. The highest BCUT2D eigenvalue weighted by Crippen LogP contribution is 2.23. The summed E-state index contributed by atoms with van der Waals surface area (Å²) in [7, 11) is -2.08. The van der Waals surface area contributed by atoms with Gasteiger partial charge in [-0.15, -0.1) is 0 Å². The number of methoxy groups -OCH3 is 1. The van der Waals surface area contributed by atoms with E-state index in [9.17, 15) is 13.2 Å². The Morgan fingerprint density at radius 1 is 1.14 bits per heavy atom. The van der Waals surface area contributed by atoms with Crippen molar-refractivity contribution in [2.24, 2.45) is 0 Å². The molecule has 3 rings (SSSR count). The van der Waals surface area contributed by atoms with Gasteiger partial charge < -0.3 is 9.64 Å². The lowest BCUT2D eigenvalue weighted by atomic mass is 10.2. The zero-order valence-electron chi connectivity index (χ0n) is 16.9. The molecule has 1 aliphatic rings. The largest absolute Gasteiger partial charge is 0.481 e. The van der Waals surface area contributed by atoms with E-state index in [0.717, 1.165) is 25.7 Å². The fourth-order valence-electron chi connectivity index (χ4n) is 3.47. The predicted molar refractivity (Wildman–Crippen MR) is 112 cm³/mol. The van der Waals surface area contributed by atoms with Crippen LogP contribution in [0.4, 0.5) is 5.69 Å². The number of sulfonamides is 1. The molecule has 1 fully saturated rings. The Labute approximate surface area is 172 Å². The minimum Gasteiger partial charge on any atom is -0.481 e. The van der Waals surface area contributed by atoms with Crippen molar-refractivity contribution in [3.05, 3.63) is 48.2 Å². The summed E-state index contributed by atoms with van der Waals surface area (Å²) < 4.78 is 32.7. The number of carbonyl (C=O) groups excluding carboxylic acids is 1. The van der Waals surface area contributed by atoms with Crippen LogP contribution in [-0.2, 0) is 10.0 Å². The SMILES string of the molecule is CCN(C(=O)c1cccc(S(=O)(=O)N2CCCCCC2)c1)c1ccc(OC)nc1. The van der Waals surface area contributed by atoms with Gasteiger partial charge in [0.25, 0.3) is 5.91 Å². The summed E-state index contributed by atoms with van der Waals surface area (Å²) in [4.78, 5) is 19.0. The number of anilines is 1. The summed E-state index contributed by atoms with van der Waals surface area (Å²) in [6, 6.07) is 9.74. The van der Waals surface area contributed by atoms with Gasteiger partial charge in [-0.25, -0.2) is 13.4 Å². The molecule has 2 heterocycles. The summed E-state index contributed by atoms with van der Waals surface area (Å²) >= 11 is 0. The summed E-state index contributed by atoms with van der Waals surface area (Å²) in [6.07, 6.45) is 5.40. The number of pyridine rings is 1. The van der Waals surface area contributed by atoms with Gasteiger partial charge in [-0.3, -0.25) is 4.79 Å². The first kappa shape index (κ1) is 21.3. The first-order valence-corrected chi connectivity index (χ1v) is 11.3. The van der Waals surface area contributed by atoms with Crippen LogP contribution in [0.2, 0.25) is 0 Å². The summed E-state index contributed by atoms with van der Waals surface area (Å²) in [5, 5.41) is 0. The molecule has 1 saturated heterocycles. The third-order valence-corrected chi connectivity index (χ3v) is 6.98. The Morgan fingerprint density at radius 3 is 2.45 bits per heavy atom. The molecule has 7 nitrogen and oxygen atoms in total. The van der Waals surface area contributed by atoms with Crippen molar-refractivity contribution in [1.82, 2.24) is 9.29 Å². The zero-order chi connectivity index (χ0) is 20.9. The fraction of sp³-hybridized carbons (Fsp3) is 0.429. The second kappa shape index (κ2) is 9.37. The summed E-state index contributed by atoms with van der Waals surface area (Å²) in [5.41, 5.74) is 0.956. The third-order valence-electron chi connectivity index (χ3n) is 5.09. The van der Waals surface area contributed by atoms with Crippen LogP contribution in [0.1, 0.15) is 43.0 Å². The Morgan fingerprint density at radius 2 is 1.86 bits per heavy atom. The number of nitrogens with zero attached hydrogens (tertiary/aromatic N) is 3. The van der Waals surface area contributed by atoms with Crippen LogP contribution in [0.3, 0.4) is 0 Å². The van der Waals surface area contributed by atoms with Crippen LogP contribution in [0.5, 0.6) is 5.88 Å². The zero-order valence-corrected chi connectivity index (χ0v) is 17.7. The summed E-state index contributed by atoms with van der Waals surface area (Å²) in [5.74, 6) is 0.190. The average molecular weight is 418 g/mol. The number of amides is 1. The molecule has 1 amide bonds. The van der Waals surface area contributed by atoms with Crippen molar-refractivity contribution < 1.29 is 17.9 Å². The topological polar surface area (TPSA) is 79.8 Å². The maximum atomic E-state index is 13.1. The van der Waals surface area contributed by atoms with E-state index in [1.807, 2.05) is 6.92 Å². The summed E-state index contributed by atoms with van der Waals surface area (Å²) in [6.45, 7) is 3.34. The molecular weight excluding hydrogens is 390 g/mol. The molecule has 0 saturated carbocycles. The van der Waals surface area contributed by atoms with Gasteiger partial charge in [0.05, 0.1) is 23.9 Å². The second-order valence-electron chi connectivity index (χ2n) is 6.95. The Hall–Kier alpha value is -2.45. The van der Waals surface area contributed by atoms with Crippen LogP contribution in [0, 0.1) is 0 Å². The van der Waals surface area contributed by atoms with Crippen molar-refractivity contribution in [3.63, 3.8) is 0 Å². The van der Waals surface area contributed by atoms with Gasteiger partial charge in [0, 0.05) is 31.3 Å². The number of ether oxygens (including phenoxy) is 1. The van der Waals surface area contributed by atoms with E-state index >= 15 is 0 Å². The molecule has 0 unspecified atom stereocenters. The van der Waals surface area contributed by atoms with Crippen molar-refractivity contribution >= 4 is 21.6 Å². The van der Waals surface area contributed by atoms with E-state index in [0.29, 0.717) is 36.8 Å². The smallest absolute Gasteiger partial charge is 0.258 e. The van der Waals surface area contributed by atoms with Gasteiger partial charge in [0.2, 0.25) is 15.9 Å². The van der Waals surface area contributed by atoms with E-state index in [2.05, 4.69) is 4.98 Å². The minimum absolute atomic E-state index is 0.161. The van der Waals surface area contributed by atoms with Gasteiger partial charge in [-0.2, -0.15) is 4.31 Å². The minimum atomic E-state index is -3.61. The standard InChI is InChI=1S/C21H27N3O4S/c1-3-24(18-11-12-20(28-2)22-16-18)21(25)17-9-8-10-19(15-17)29(26,27)23-13-6-4-5-7-14-23/h8-12,15-16H,3-7,13-14H2,1-2H3. The van der Waals surface area contributed by atoms with Crippen LogP contribution in [0.15, 0.2) is 47.5 Å². The normalized spacial score (nSPS) is 15.5. The van der Waals surface area contributed by atoms with Crippen LogP contribution < -0.4 is 9.64 Å². The number of hydrogen-bond donors (Lipinski definition) is 0. The first-order chi connectivity index (χ1) is 14.0. The lowest BCUT2D eigenvalue weighted by molar-refractivity contribution is 0.0988. The van der Waals surface area contributed by atoms with Crippen LogP contribution >= 0.6 is 0 Å². The molecular formula is C21H27N3O4S. The molecule has 1 aliphatic heterocycles. The molecule has 1 aromatic heterocycles. The van der Waals surface area contributed by atoms with E-state index in [-0.39, 0.29) is 10.8 Å². The Kier molecular flexibility index (Phi) is 6.87. The number of benzene rings is 1. The highest BCUT2D eigenvalue weighted by atomic mass is 32.2. The van der Waals surface area contributed by atoms with E-state index < -0.39 is 10.0 Å². The van der Waals surface area contributed by atoms with Gasteiger partial charge in [0.1, 0.15) is 0 Å². The molecule has 29 heavy (non-hydrogen) atoms. The molecule has 0 N–H and O–H groups in total. The third kappa shape index (κ3) is 4.76. The maximum Gasteiger partial charge on any atom is 0.258 e. The van der Waals surface area contributed by atoms with Gasteiger partial charge >= 0.3 is 0 Å². The molecule has 156 valence electrons. The first-order valence-electron chi connectivity index (χ1n) is 9.89. The van der Waals surface area contributed by atoms with Gasteiger partial charge in [0.15, 0.2) is 0 Å². The average Bonchev–Trinajstić information content (AvgIpc) is 3.05. The number of hydrogen-bond acceptors (Lipinski definition) is 5. The van der Waals surface area contributed by atoms with Crippen LogP contribution in [0.25, 0.3) is 0 Å². The quantitative estimate of drug-likeness (QED) is 0.720. The molecule has 0 atom stereocenters. The monoisotopic (exact) mass is 417 g/mol. The second-order valence-corrected chi connectivity index (χ2v) is 8.89. The van der Waals surface area contributed by atoms with E-state index in [1.54, 1.807) is 41.4 Å². The fourth-order valence-corrected chi connectivity index (χ4v) is 5.04. The number of rotatable bonds is 6. The van der Waals surface area contributed by atoms with Crippen molar-refractivity contribution in [2.45, 2.75) is 37.5 Å². The molecule has 0 bridgehead atoms. The van der Waals surface area contributed by atoms with Gasteiger partial charge in [-0.05, 0) is 44.0 Å². The maximum absolute atomic E-state index is 13.1. The highest BCUT2D eigenvalue weighted by molar-refractivity contribution is 7.89. The van der Waals surface area contributed by atoms with E-state index in [4.69, 9.17) is 4.74 Å². The number of aromatic nitrogens is 1. The molecule has 2 aromatic rings. The van der Waals surface area contributed by atoms with Crippen molar-refractivity contribution in [3.8, 4) is 5.88 Å². The van der Waals surface area contributed by atoms with Crippen LogP contribution in [-0.4, -0.2) is 50.4 Å². The highest BCUT2D eigenvalue weighted by Gasteiger charge is 2.26. The van der Waals surface area contributed by atoms with Crippen molar-refractivity contribution in [1.29, 1.82) is 0 Å². The van der Waals surface area contributed by atoms with Crippen molar-refractivity contribution in [2.75, 3.05) is 31.6 Å². The molecule has 0 spiro atoms. The Bertz CT molecular complexity index is 937. The molecule has 0 aliphatic carbocycles.